The minimum Gasteiger partial charge on any atom is -0.481 e. The van der Waals surface area contributed by atoms with E-state index in [9.17, 15) is 14.7 Å². The molecular formula is C16H14INO4. The fourth-order valence-electron chi connectivity index (χ4n) is 1.79. The number of carboxylic acids is 1. The number of nitrogens with one attached hydrogen (secondary N) is 1. The highest BCUT2D eigenvalue weighted by Crippen LogP contribution is 2.20. The number of amides is 1. The van der Waals surface area contributed by atoms with E-state index in [1.165, 1.54) is 6.07 Å². The number of carbonyl (C=O) groups excluding carboxylic acids is 1. The van der Waals surface area contributed by atoms with Gasteiger partial charge in [0.25, 0.3) is 5.91 Å². The molecule has 114 valence electrons. The average molecular weight is 411 g/mol. The summed E-state index contributed by atoms with van der Waals surface area (Å²) < 4.78 is 6.29. The maximum atomic E-state index is 12.1. The van der Waals surface area contributed by atoms with Crippen molar-refractivity contribution in [2.45, 2.75) is 13.0 Å². The van der Waals surface area contributed by atoms with Gasteiger partial charge in [-0.1, -0.05) is 18.2 Å². The first-order valence-electron chi connectivity index (χ1n) is 6.53. The molecule has 2 rings (SSSR count). The molecule has 0 aromatic heterocycles. The lowest BCUT2D eigenvalue weighted by Crippen LogP contribution is -2.30. The Labute approximate surface area is 141 Å². The number of carbonyl (C=O) groups is 2. The van der Waals surface area contributed by atoms with Gasteiger partial charge in [0.2, 0.25) is 0 Å². The Kier molecular flexibility index (Phi) is 5.37. The van der Waals surface area contributed by atoms with Crippen molar-refractivity contribution >= 4 is 40.2 Å². The summed E-state index contributed by atoms with van der Waals surface area (Å²) in [6.07, 6.45) is -0.747. The van der Waals surface area contributed by atoms with Gasteiger partial charge in [-0.25, -0.2) is 4.79 Å². The lowest BCUT2D eigenvalue weighted by atomic mass is 10.1. The second-order valence-electron chi connectivity index (χ2n) is 4.56. The molecule has 2 N–H and O–H groups in total. The van der Waals surface area contributed by atoms with Crippen LogP contribution in [0.2, 0.25) is 0 Å². The summed E-state index contributed by atoms with van der Waals surface area (Å²) in [5.41, 5.74) is 0.300. The number of para-hydroxylation sites is 1. The van der Waals surface area contributed by atoms with Gasteiger partial charge < -0.3 is 15.2 Å². The Morgan fingerprint density at radius 3 is 2.50 bits per heavy atom. The van der Waals surface area contributed by atoms with E-state index in [1.54, 1.807) is 31.2 Å². The van der Waals surface area contributed by atoms with Gasteiger partial charge in [0.1, 0.15) is 5.75 Å². The molecule has 0 radical (unpaired) electrons. The van der Waals surface area contributed by atoms with E-state index in [0.717, 1.165) is 3.57 Å². The summed E-state index contributed by atoms with van der Waals surface area (Å²) in [4.78, 5) is 23.4. The highest BCUT2D eigenvalue weighted by atomic mass is 127. The Morgan fingerprint density at radius 1 is 1.18 bits per heavy atom. The quantitative estimate of drug-likeness (QED) is 0.740. The zero-order valence-corrected chi connectivity index (χ0v) is 13.9. The van der Waals surface area contributed by atoms with E-state index < -0.39 is 18.0 Å². The van der Waals surface area contributed by atoms with Crippen molar-refractivity contribution in [1.29, 1.82) is 0 Å². The third-order valence-corrected chi connectivity index (χ3v) is 3.57. The van der Waals surface area contributed by atoms with E-state index in [1.807, 2.05) is 40.8 Å². The molecule has 0 aliphatic heterocycles. The van der Waals surface area contributed by atoms with Crippen LogP contribution >= 0.6 is 22.6 Å². The molecule has 6 heteroatoms. The van der Waals surface area contributed by atoms with E-state index in [4.69, 9.17) is 4.74 Å². The Morgan fingerprint density at radius 2 is 1.86 bits per heavy atom. The number of aromatic carboxylic acids is 1. The van der Waals surface area contributed by atoms with Gasteiger partial charge in [-0.2, -0.15) is 0 Å². The number of halogens is 1. The monoisotopic (exact) mass is 411 g/mol. The van der Waals surface area contributed by atoms with Crippen molar-refractivity contribution < 1.29 is 19.4 Å². The molecule has 0 saturated carbocycles. The van der Waals surface area contributed by atoms with Crippen LogP contribution in [0.25, 0.3) is 0 Å². The molecular weight excluding hydrogens is 397 g/mol. The van der Waals surface area contributed by atoms with Gasteiger partial charge in [0.05, 0.1) is 11.3 Å². The summed E-state index contributed by atoms with van der Waals surface area (Å²) in [6.45, 7) is 1.61. The number of benzene rings is 2. The van der Waals surface area contributed by atoms with Crippen LogP contribution in [0.1, 0.15) is 17.3 Å². The molecule has 2 aromatic carbocycles. The fourth-order valence-corrected chi connectivity index (χ4v) is 2.28. The van der Waals surface area contributed by atoms with Gasteiger partial charge in [0.15, 0.2) is 6.10 Å². The van der Waals surface area contributed by atoms with Crippen molar-refractivity contribution in [3.05, 3.63) is 57.7 Å². The van der Waals surface area contributed by atoms with Crippen molar-refractivity contribution in [3.8, 4) is 5.75 Å². The number of hydrogen-bond donors (Lipinski definition) is 2. The lowest BCUT2D eigenvalue weighted by Gasteiger charge is -2.15. The number of rotatable bonds is 5. The molecule has 0 bridgehead atoms. The predicted octanol–water partition coefficient (Wildman–Crippen LogP) is 3.40. The van der Waals surface area contributed by atoms with Crippen LogP contribution in [0.5, 0.6) is 5.75 Å². The third-order valence-electron chi connectivity index (χ3n) is 2.90. The van der Waals surface area contributed by atoms with Crippen LogP contribution in [0.15, 0.2) is 48.5 Å². The molecule has 1 amide bonds. The van der Waals surface area contributed by atoms with E-state index >= 15 is 0 Å². The van der Waals surface area contributed by atoms with Crippen molar-refractivity contribution in [3.63, 3.8) is 0 Å². The van der Waals surface area contributed by atoms with Crippen LogP contribution < -0.4 is 10.1 Å². The highest BCUT2D eigenvalue weighted by Gasteiger charge is 2.18. The maximum absolute atomic E-state index is 12.1. The molecule has 0 fully saturated rings. The predicted molar refractivity (Wildman–Crippen MR) is 91.3 cm³/mol. The van der Waals surface area contributed by atoms with Crippen LogP contribution in [-0.2, 0) is 4.79 Å². The van der Waals surface area contributed by atoms with Crippen LogP contribution in [0, 0.1) is 3.57 Å². The first-order chi connectivity index (χ1) is 10.5. The van der Waals surface area contributed by atoms with Crippen LogP contribution in [0.4, 0.5) is 5.69 Å². The largest absolute Gasteiger partial charge is 0.481 e. The summed E-state index contributed by atoms with van der Waals surface area (Å²) in [5.74, 6) is -0.927. The second kappa shape index (κ2) is 7.26. The van der Waals surface area contributed by atoms with Gasteiger partial charge >= 0.3 is 5.97 Å². The Bertz CT molecular complexity index is 688. The van der Waals surface area contributed by atoms with E-state index in [-0.39, 0.29) is 11.3 Å². The molecule has 0 aliphatic rings. The minimum absolute atomic E-state index is 0.0483. The van der Waals surface area contributed by atoms with Gasteiger partial charge in [-0.05, 0) is 59.8 Å². The number of anilines is 1. The molecule has 0 aliphatic carbocycles. The molecule has 0 heterocycles. The first kappa shape index (κ1) is 16.3. The number of carboxylic acid groups (broad SMARTS) is 1. The maximum Gasteiger partial charge on any atom is 0.337 e. The second-order valence-corrected chi connectivity index (χ2v) is 5.80. The fraction of sp³-hybridized carbons (Fsp3) is 0.125. The average Bonchev–Trinajstić information content (AvgIpc) is 2.49. The van der Waals surface area contributed by atoms with Crippen molar-refractivity contribution in [1.82, 2.24) is 0 Å². The third kappa shape index (κ3) is 4.20. The molecule has 0 saturated heterocycles. The van der Waals surface area contributed by atoms with Gasteiger partial charge in [-0.15, -0.1) is 0 Å². The molecule has 2 aromatic rings. The summed E-state index contributed by atoms with van der Waals surface area (Å²) >= 11 is 2.02. The summed E-state index contributed by atoms with van der Waals surface area (Å²) in [6, 6.07) is 13.8. The standard InChI is InChI=1S/C16H14INO4/c1-10(22-12-5-3-2-4-6-12)15(19)18-14-8-7-11(17)9-13(14)16(20)21/h2-10H,1H3,(H,18,19)(H,20,21). The van der Waals surface area contributed by atoms with Crippen molar-refractivity contribution in [2.75, 3.05) is 5.32 Å². The molecule has 1 unspecified atom stereocenters. The Balaban J connectivity index is 2.10. The first-order valence-corrected chi connectivity index (χ1v) is 7.60. The highest BCUT2D eigenvalue weighted by molar-refractivity contribution is 14.1. The minimum atomic E-state index is -1.09. The van der Waals surface area contributed by atoms with Gasteiger partial charge in [-0.3, -0.25) is 4.79 Å². The topological polar surface area (TPSA) is 75.6 Å². The molecule has 22 heavy (non-hydrogen) atoms. The number of hydrogen-bond acceptors (Lipinski definition) is 3. The summed E-state index contributed by atoms with van der Waals surface area (Å²) in [7, 11) is 0. The zero-order valence-electron chi connectivity index (χ0n) is 11.7. The van der Waals surface area contributed by atoms with Gasteiger partial charge in [0, 0.05) is 3.57 Å². The Hall–Kier alpha value is -2.09. The van der Waals surface area contributed by atoms with Crippen LogP contribution in [-0.4, -0.2) is 23.1 Å². The van der Waals surface area contributed by atoms with Crippen molar-refractivity contribution in [2.24, 2.45) is 0 Å². The van der Waals surface area contributed by atoms with E-state index in [0.29, 0.717) is 5.75 Å². The molecule has 5 nitrogen and oxygen atoms in total. The normalized spacial score (nSPS) is 11.5. The molecule has 1 atom stereocenters. The SMILES string of the molecule is CC(Oc1ccccc1)C(=O)Nc1ccc(I)cc1C(=O)O. The zero-order chi connectivity index (χ0) is 16.1. The summed E-state index contributed by atoms with van der Waals surface area (Å²) in [5, 5.41) is 11.8. The molecule has 0 spiro atoms. The number of ether oxygens (including phenoxy) is 1. The smallest absolute Gasteiger partial charge is 0.337 e. The van der Waals surface area contributed by atoms with E-state index in [2.05, 4.69) is 5.32 Å². The van der Waals surface area contributed by atoms with Crippen LogP contribution in [0.3, 0.4) is 0 Å². The lowest BCUT2D eigenvalue weighted by molar-refractivity contribution is -0.122.